The Bertz CT molecular complexity index is 901. The fourth-order valence-electron chi connectivity index (χ4n) is 3.14. The highest BCUT2D eigenvalue weighted by Crippen LogP contribution is 2.29. The molecule has 1 fully saturated rings. The van der Waals surface area contributed by atoms with Gasteiger partial charge >= 0.3 is 0 Å². The molecule has 2 heterocycles. The predicted molar refractivity (Wildman–Crippen MR) is 101 cm³/mol. The number of fused-ring (bicyclic) bond motifs is 1. The normalized spacial score (nSPS) is 21.4. The Hall–Kier alpha value is -1.41. The molecule has 0 saturated carbocycles. The number of aliphatic hydroxyl groups is 1. The minimum Gasteiger partial charge on any atom is -0.391 e. The van der Waals surface area contributed by atoms with Gasteiger partial charge in [0.05, 0.1) is 17.4 Å². The van der Waals surface area contributed by atoms with Gasteiger partial charge in [-0.25, -0.2) is 17.7 Å². The third-order valence-corrected chi connectivity index (χ3v) is 6.87. The number of β-amino-alcohol motifs (C(OH)–C–C–N with tert-alkyl or cyclic N) is 1. The lowest BCUT2D eigenvalue weighted by Crippen LogP contribution is -2.33. The van der Waals surface area contributed by atoms with Gasteiger partial charge in [0.2, 0.25) is 10.0 Å². The third kappa shape index (κ3) is 3.74. The molecule has 0 radical (unpaired) electrons. The second kappa shape index (κ2) is 6.72. The van der Waals surface area contributed by atoms with Gasteiger partial charge in [0.15, 0.2) is 0 Å². The first-order valence-corrected chi connectivity index (χ1v) is 10.1. The number of hydrogen-bond acceptors (Lipinski definition) is 5. The van der Waals surface area contributed by atoms with Crippen LogP contribution in [0.3, 0.4) is 0 Å². The fraction of sp³-hybridized carbons (Fsp3) is 0.471. The summed E-state index contributed by atoms with van der Waals surface area (Å²) < 4.78 is 25.4. The predicted octanol–water partition coefficient (Wildman–Crippen LogP) is 1.89. The quantitative estimate of drug-likeness (QED) is 0.872. The van der Waals surface area contributed by atoms with E-state index >= 15 is 0 Å². The van der Waals surface area contributed by atoms with Gasteiger partial charge in [-0.15, -0.1) is 0 Å². The van der Waals surface area contributed by atoms with Crippen LogP contribution in [0.1, 0.15) is 5.56 Å². The van der Waals surface area contributed by atoms with Gasteiger partial charge in [0.25, 0.3) is 0 Å². The third-order valence-electron chi connectivity index (χ3n) is 4.68. The molecule has 3 rings (SSSR count). The van der Waals surface area contributed by atoms with Crippen molar-refractivity contribution in [2.24, 2.45) is 5.92 Å². The van der Waals surface area contributed by atoms with E-state index in [1.54, 1.807) is 6.07 Å². The summed E-state index contributed by atoms with van der Waals surface area (Å²) in [4.78, 5) is 6.60. The molecule has 2 aromatic rings. The second-order valence-electron chi connectivity index (χ2n) is 6.75. The van der Waals surface area contributed by atoms with Crippen LogP contribution in [-0.2, 0) is 10.0 Å². The fourth-order valence-corrected chi connectivity index (χ4v) is 4.47. The highest BCUT2D eigenvalue weighted by Gasteiger charge is 2.36. The highest BCUT2D eigenvalue weighted by atomic mass is 35.5. The van der Waals surface area contributed by atoms with Crippen LogP contribution in [0.15, 0.2) is 24.3 Å². The van der Waals surface area contributed by atoms with Gasteiger partial charge in [0.1, 0.15) is 5.82 Å². The number of benzene rings is 1. The zero-order valence-electron chi connectivity index (χ0n) is 14.5. The van der Waals surface area contributed by atoms with Crippen molar-refractivity contribution in [1.29, 1.82) is 0 Å². The Kier molecular flexibility index (Phi) is 4.94. The minimum absolute atomic E-state index is 0.0696. The molecule has 1 saturated heterocycles. The van der Waals surface area contributed by atoms with Crippen molar-refractivity contribution in [3.8, 4) is 0 Å². The molecule has 6 nitrogen and oxygen atoms in total. The molecule has 8 heteroatoms. The molecule has 1 aliphatic rings. The zero-order chi connectivity index (χ0) is 18.4. The molecule has 2 atom stereocenters. The number of pyridine rings is 1. The first kappa shape index (κ1) is 18.4. The Labute approximate surface area is 153 Å². The maximum Gasteiger partial charge on any atom is 0.214 e. The van der Waals surface area contributed by atoms with Crippen LogP contribution in [0, 0.1) is 12.8 Å². The first-order valence-electron chi connectivity index (χ1n) is 8.07. The van der Waals surface area contributed by atoms with Crippen LogP contribution in [0.4, 0.5) is 5.82 Å². The Morgan fingerprint density at radius 1 is 1.32 bits per heavy atom. The van der Waals surface area contributed by atoms with E-state index in [0.717, 1.165) is 22.3 Å². The molecule has 1 aromatic carbocycles. The largest absolute Gasteiger partial charge is 0.391 e. The molecule has 136 valence electrons. The summed E-state index contributed by atoms with van der Waals surface area (Å²) in [6, 6.07) is 7.50. The molecule has 0 bridgehead atoms. The number of halogens is 1. The minimum atomic E-state index is -3.36. The molecular weight excluding hydrogens is 362 g/mol. The molecule has 0 aliphatic carbocycles. The number of aromatic nitrogens is 1. The molecule has 1 N–H and O–H groups in total. The number of nitrogens with zero attached hydrogens (tertiary/aromatic N) is 3. The number of hydrogen-bond donors (Lipinski definition) is 1. The molecule has 25 heavy (non-hydrogen) atoms. The van der Waals surface area contributed by atoms with Crippen LogP contribution in [0.2, 0.25) is 5.02 Å². The first-order chi connectivity index (χ1) is 11.7. The zero-order valence-corrected chi connectivity index (χ0v) is 16.0. The van der Waals surface area contributed by atoms with Gasteiger partial charge in [-0.1, -0.05) is 11.6 Å². The molecule has 1 aliphatic heterocycles. The summed E-state index contributed by atoms with van der Waals surface area (Å²) in [5, 5.41) is 12.0. The second-order valence-corrected chi connectivity index (χ2v) is 9.42. The number of aryl methyl sites for hydroxylation is 1. The summed E-state index contributed by atoms with van der Waals surface area (Å²) >= 11 is 6.05. The summed E-state index contributed by atoms with van der Waals surface area (Å²) in [6.07, 6.45) is -0.697. The van der Waals surface area contributed by atoms with E-state index in [0.29, 0.717) is 18.1 Å². The van der Waals surface area contributed by atoms with Crippen molar-refractivity contribution >= 4 is 38.3 Å². The highest BCUT2D eigenvalue weighted by molar-refractivity contribution is 7.89. The van der Waals surface area contributed by atoms with Gasteiger partial charge in [0, 0.05) is 43.5 Å². The molecule has 0 spiro atoms. The van der Waals surface area contributed by atoms with Gasteiger partial charge < -0.3 is 10.0 Å². The summed E-state index contributed by atoms with van der Waals surface area (Å²) in [6.45, 7) is 2.82. The number of anilines is 1. The maximum atomic E-state index is 12.1. The van der Waals surface area contributed by atoms with Gasteiger partial charge in [-0.3, -0.25) is 0 Å². The van der Waals surface area contributed by atoms with E-state index in [1.165, 1.54) is 18.4 Å². The SMILES string of the molecule is Cc1cc(N2C[C@@H](CS(=O)(=O)N(C)C)[C@H](O)C2)nc2ccc(Cl)cc12. The van der Waals surface area contributed by atoms with Crippen LogP contribution in [0.5, 0.6) is 0 Å². The van der Waals surface area contributed by atoms with Crippen molar-refractivity contribution in [3.05, 3.63) is 34.9 Å². The Morgan fingerprint density at radius 2 is 2.04 bits per heavy atom. The average molecular weight is 384 g/mol. The van der Waals surface area contributed by atoms with E-state index < -0.39 is 16.1 Å². The van der Waals surface area contributed by atoms with Gasteiger partial charge in [-0.05, 0) is 36.8 Å². The Balaban J connectivity index is 1.86. The molecular formula is C17H22ClN3O3S. The lowest BCUT2D eigenvalue weighted by molar-refractivity contribution is 0.157. The monoisotopic (exact) mass is 383 g/mol. The van der Waals surface area contributed by atoms with E-state index in [4.69, 9.17) is 11.6 Å². The van der Waals surface area contributed by atoms with Gasteiger partial charge in [-0.2, -0.15) is 0 Å². The van der Waals surface area contributed by atoms with Crippen molar-refractivity contribution in [2.75, 3.05) is 37.8 Å². The van der Waals surface area contributed by atoms with Crippen LogP contribution in [-0.4, -0.2) is 61.9 Å². The van der Waals surface area contributed by atoms with Crippen LogP contribution in [0.25, 0.3) is 10.9 Å². The summed E-state index contributed by atoms with van der Waals surface area (Å²) in [5.74, 6) is 0.339. The topological polar surface area (TPSA) is 73.7 Å². The smallest absolute Gasteiger partial charge is 0.214 e. The maximum absolute atomic E-state index is 12.1. The van der Waals surface area contributed by atoms with Crippen molar-refractivity contribution in [2.45, 2.75) is 13.0 Å². The van der Waals surface area contributed by atoms with E-state index in [1.807, 2.05) is 30.0 Å². The van der Waals surface area contributed by atoms with Crippen molar-refractivity contribution in [3.63, 3.8) is 0 Å². The van der Waals surface area contributed by atoms with Crippen molar-refractivity contribution in [1.82, 2.24) is 9.29 Å². The Morgan fingerprint density at radius 3 is 2.72 bits per heavy atom. The number of aliphatic hydroxyl groups excluding tert-OH is 1. The standard InChI is InChI=1S/C17H22ClN3O3S/c1-11-6-17(19-15-5-4-13(18)7-14(11)15)21-8-12(16(22)9-21)10-25(23,24)20(2)3/h4-7,12,16,22H,8-10H2,1-3H3/t12-,16+/m0/s1. The lowest BCUT2D eigenvalue weighted by atomic mass is 10.1. The van der Waals surface area contributed by atoms with Crippen LogP contribution >= 0.6 is 11.6 Å². The number of rotatable bonds is 4. The van der Waals surface area contributed by atoms with Crippen molar-refractivity contribution < 1.29 is 13.5 Å². The average Bonchev–Trinajstić information content (AvgIpc) is 2.88. The molecule has 0 amide bonds. The molecule has 1 aromatic heterocycles. The summed E-state index contributed by atoms with van der Waals surface area (Å²) in [7, 11) is -0.341. The van der Waals surface area contributed by atoms with E-state index in [2.05, 4.69) is 4.98 Å². The summed E-state index contributed by atoms with van der Waals surface area (Å²) in [5.41, 5.74) is 1.87. The van der Waals surface area contributed by atoms with E-state index in [-0.39, 0.29) is 11.7 Å². The molecule has 0 unspecified atom stereocenters. The number of sulfonamides is 1. The van der Waals surface area contributed by atoms with E-state index in [9.17, 15) is 13.5 Å². The van der Waals surface area contributed by atoms with Crippen LogP contribution < -0.4 is 4.90 Å². The lowest BCUT2D eigenvalue weighted by Gasteiger charge is -2.19.